The van der Waals surface area contributed by atoms with Crippen molar-refractivity contribution in [2.24, 2.45) is 16.7 Å². The molecule has 0 spiro atoms. The molecule has 1 saturated heterocycles. The first kappa shape index (κ1) is 15.1. The maximum absolute atomic E-state index is 12.7. The summed E-state index contributed by atoms with van der Waals surface area (Å²) in [6, 6.07) is 9.74. The number of fused-ring (bicyclic) bond motifs is 1. The standard InChI is InChI=1S/C18H22O4/c1-12(2)17-10-7-11-18(17,15(19)21-3)16(20)22-14(17)13-8-5-4-6-9-13/h4-6,8-9,12,14H,7,10-11H2,1-3H3/t14-,17-,18+/m1/s1. The van der Waals surface area contributed by atoms with Gasteiger partial charge in [0.05, 0.1) is 7.11 Å². The lowest BCUT2D eigenvalue weighted by Crippen LogP contribution is -2.49. The molecule has 4 heteroatoms. The number of cyclic esters (lactones) is 1. The summed E-state index contributed by atoms with van der Waals surface area (Å²) < 4.78 is 10.8. The first-order chi connectivity index (χ1) is 10.5. The summed E-state index contributed by atoms with van der Waals surface area (Å²) in [7, 11) is 1.35. The molecule has 2 aliphatic rings. The van der Waals surface area contributed by atoms with Crippen molar-refractivity contribution in [1.82, 2.24) is 0 Å². The van der Waals surface area contributed by atoms with Crippen LogP contribution in [-0.4, -0.2) is 19.0 Å². The van der Waals surface area contributed by atoms with Crippen LogP contribution in [0.4, 0.5) is 0 Å². The molecule has 1 aliphatic heterocycles. The van der Waals surface area contributed by atoms with Crippen LogP contribution in [0.1, 0.15) is 44.8 Å². The van der Waals surface area contributed by atoms with Crippen LogP contribution in [0.2, 0.25) is 0 Å². The highest BCUT2D eigenvalue weighted by atomic mass is 16.6. The van der Waals surface area contributed by atoms with Gasteiger partial charge in [-0.05, 0) is 24.3 Å². The molecule has 0 N–H and O–H groups in total. The van der Waals surface area contributed by atoms with Crippen LogP contribution in [0.25, 0.3) is 0 Å². The second-order valence-corrected chi connectivity index (χ2v) is 6.64. The molecule has 3 rings (SSSR count). The van der Waals surface area contributed by atoms with Gasteiger partial charge in [-0.15, -0.1) is 0 Å². The summed E-state index contributed by atoms with van der Waals surface area (Å²) in [5, 5.41) is 0. The summed E-state index contributed by atoms with van der Waals surface area (Å²) in [6.07, 6.45) is 1.76. The lowest BCUT2D eigenvalue weighted by Gasteiger charge is -2.41. The van der Waals surface area contributed by atoms with Crippen molar-refractivity contribution >= 4 is 11.9 Å². The summed E-state index contributed by atoms with van der Waals surface area (Å²) in [4.78, 5) is 25.3. The van der Waals surface area contributed by atoms with Crippen molar-refractivity contribution in [2.45, 2.75) is 39.2 Å². The molecule has 0 amide bonds. The number of hydrogen-bond donors (Lipinski definition) is 0. The Kier molecular flexibility index (Phi) is 3.50. The molecule has 2 fully saturated rings. The Bertz CT molecular complexity index is 594. The SMILES string of the molecule is COC(=O)[C@]12CCC[C@@]1(C(C)C)[C@@H](c1ccccc1)OC2=O. The van der Waals surface area contributed by atoms with Crippen molar-refractivity contribution in [3.63, 3.8) is 0 Å². The Balaban J connectivity index is 2.20. The Morgan fingerprint density at radius 1 is 1.27 bits per heavy atom. The molecule has 1 saturated carbocycles. The number of ether oxygens (including phenoxy) is 2. The number of carbonyl (C=O) groups excluding carboxylic acids is 2. The van der Waals surface area contributed by atoms with Gasteiger partial charge in [-0.1, -0.05) is 50.6 Å². The highest BCUT2D eigenvalue weighted by molar-refractivity contribution is 6.03. The van der Waals surface area contributed by atoms with Gasteiger partial charge in [0.1, 0.15) is 6.10 Å². The number of esters is 2. The molecular weight excluding hydrogens is 280 g/mol. The van der Waals surface area contributed by atoms with Crippen molar-refractivity contribution in [2.75, 3.05) is 7.11 Å². The fourth-order valence-corrected chi connectivity index (χ4v) is 4.68. The van der Waals surface area contributed by atoms with Crippen molar-refractivity contribution in [3.8, 4) is 0 Å². The largest absolute Gasteiger partial charge is 0.468 e. The summed E-state index contributed by atoms with van der Waals surface area (Å²) in [6.45, 7) is 4.14. The molecule has 1 aliphatic carbocycles. The fourth-order valence-electron chi connectivity index (χ4n) is 4.68. The van der Waals surface area contributed by atoms with E-state index in [-0.39, 0.29) is 12.0 Å². The van der Waals surface area contributed by atoms with Gasteiger partial charge < -0.3 is 9.47 Å². The highest BCUT2D eigenvalue weighted by Gasteiger charge is 2.75. The summed E-state index contributed by atoms with van der Waals surface area (Å²) in [5.41, 5.74) is -0.730. The molecule has 4 nitrogen and oxygen atoms in total. The minimum absolute atomic E-state index is 0.130. The third kappa shape index (κ3) is 1.64. The van der Waals surface area contributed by atoms with Gasteiger partial charge in [0, 0.05) is 5.41 Å². The van der Waals surface area contributed by atoms with E-state index >= 15 is 0 Å². The van der Waals surface area contributed by atoms with E-state index in [0.717, 1.165) is 18.4 Å². The Morgan fingerprint density at radius 2 is 1.95 bits per heavy atom. The van der Waals surface area contributed by atoms with Crippen LogP contribution in [0, 0.1) is 16.7 Å². The molecule has 1 aromatic rings. The molecular formula is C18H22O4. The van der Waals surface area contributed by atoms with Gasteiger partial charge in [-0.2, -0.15) is 0 Å². The van der Waals surface area contributed by atoms with Gasteiger partial charge in [0.15, 0.2) is 5.41 Å². The van der Waals surface area contributed by atoms with E-state index in [1.807, 2.05) is 30.3 Å². The zero-order valence-electron chi connectivity index (χ0n) is 13.3. The Labute approximate surface area is 130 Å². The van der Waals surface area contributed by atoms with Crippen LogP contribution in [-0.2, 0) is 19.1 Å². The lowest BCUT2D eigenvalue weighted by molar-refractivity contribution is -0.167. The average molecular weight is 302 g/mol. The van der Waals surface area contributed by atoms with Gasteiger partial charge in [0.25, 0.3) is 0 Å². The summed E-state index contributed by atoms with van der Waals surface area (Å²) in [5.74, 6) is -0.729. The predicted molar refractivity (Wildman–Crippen MR) is 80.8 cm³/mol. The second kappa shape index (κ2) is 5.11. The Hall–Kier alpha value is -1.84. The Morgan fingerprint density at radius 3 is 2.55 bits per heavy atom. The van der Waals surface area contributed by atoms with Gasteiger partial charge in [0.2, 0.25) is 0 Å². The topological polar surface area (TPSA) is 52.6 Å². The molecule has 118 valence electrons. The molecule has 0 unspecified atom stereocenters. The summed E-state index contributed by atoms with van der Waals surface area (Å²) >= 11 is 0. The minimum atomic E-state index is -1.16. The molecule has 3 atom stereocenters. The minimum Gasteiger partial charge on any atom is -0.468 e. The van der Waals surface area contributed by atoms with Gasteiger partial charge in [-0.3, -0.25) is 9.59 Å². The van der Waals surface area contributed by atoms with Gasteiger partial charge >= 0.3 is 11.9 Å². The van der Waals surface area contributed by atoms with Crippen molar-refractivity contribution < 1.29 is 19.1 Å². The first-order valence-corrected chi connectivity index (χ1v) is 7.85. The number of benzene rings is 1. The van der Waals surface area contributed by atoms with Crippen LogP contribution in [0.15, 0.2) is 30.3 Å². The smallest absolute Gasteiger partial charge is 0.324 e. The molecule has 0 bridgehead atoms. The fraction of sp³-hybridized carbons (Fsp3) is 0.556. The molecule has 22 heavy (non-hydrogen) atoms. The second-order valence-electron chi connectivity index (χ2n) is 6.64. The molecule has 1 aromatic carbocycles. The highest BCUT2D eigenvalue weighted by Crippen LogP contribution is 2.69. The predicted octanol–water partition coefficient (Wildman–Crippen LogP) is 3.27. The molecule has 0 aromatic heterocycles. The van der Waals surface area contributed by atoms with E-state index in [0.29, 0.717) is 6.42 Å². The van der Waals surface area contributed by atoms with Crippen LogP contribution in [0.3, 0.4) is 0 Å². The molecule has 0 radical (unpaired) electrons. The van der Waals surface area contributed by atoms with Crippen LogP contribution < -0.4 is 0 Å². The van der Waals surface area contributed by atoms with E-state index < -0.39 is 22.8 Å². The van der Waals surface area contributed by atoms with Gasteiger partial charge in [-0.25, -0.2) is 0 Å². The van der Waals surface area contributed by atoms with E-state index in [1.165, 1.54) is 7.11 Å². The van der Waals surface area contributed by atoms with Crippen molar-refractivity contribution in [3.05, 3.63) is 35.9 Å². The average Bonchev–Trinajstić information content (AvgIpc) is 3.04. The van der Waals surface area contributed by atoms with Crippen LogP contribution >= 0.6 is 0 Å². The first-order valence-electron chi connectivity index (χ1n) is 7.85. The normalized spacial score (nSPS) is 33.6. The van der Waals surface area contributed by atoms with E-state index in [9.17, 15) is 9.59 Å². The van der Waals surface area contributed by atoms with Crippen molar-refractivity contribution in [1.29, 1.82) is 0 Å². The number of hydrogen-bond acceptors (Lipinski definition) is 4. The zero-order chi connectivity index (χ0) is 16.0. The maximum Gasteiger partial charge on any atom is 0.324 e. The maximum atomic E-state index is 12.7. The third-order valence-electron chi connectivity index (χ3n) is 5.64. The number of rotatable bonds is 3. The third-order valence-corrected chi connectivity index (χ3v) is 5.64. The quantitative estimate of drug-likeness (QED) is 0.635. The van der Waals surface area contributed by atoms with Crippen LogP contribution in [0.5, 0.6) is 0 Å². The number of methoxy groups -OCH3 is 1. The number of carbonyl (C=O) groups is 2. The lowest BCUT2D eigenvalue weighted by atomic mass is 9.57. The van der Waals surface area contributed by atoms with E-state index in [2.05, 4.69) is 13.8 Å². The van der Waals surface area contributed by atoms with E-state index in [1.54, 1.807) is 0 Å². The zero-order valence-corrected chi connectivity index (χ0v) is 13.3. The monoisotopic (exact) mass is 302 g/mol. The van der Waals surface area contributed by atoms with E-state index in [4.69, 9.17) is 9.47 Å². The molecule has 1 heterocycles.